The van der Waals surface area contributed by atoms with Crippen LogP contribution in [0.1, 0.15) is 16.1 Å². The molecule has 0 bridgehead atoms. The molecule has 70 valence electrons. The van der Waals surface area contributed by atoms with Crippen LogP contribution in [0.4, 0.5) is 0 Å². The van der Waals surface area contributed by atoms with Gasteiger partial charge in [-0.1, -0.05) is 11.6 Å². The van der Waals surface area contributed by atoms with Gasteiger partial charge in [0.15, 0.2) is 6.20 Å². The molecule has 0 saturated carbocycles. The molecule has 0 saturated heterocycles. The van der Waals surface area contributed by atoms with Crippen LogP contribution in [0.2, 0.25) is 5.02 Å². The lowest BCUT2D eigenvalue weighted by Crippen LogP contribution is -2.32. The van der Waals surface area contributed by atoms with Gasteiger partial charge >= 0.3 is 5.97 Å². The molecule has 0 unspecified atom stereocenters. The van der Waals surface area contributed by atoms with E-state index in [0.29, 0.717) is 4.73 Å². The zero-order chi connectivity index (χ0) is 10.0. The lowest BCUT2D eigenvalue weighted by atomic mass is 10.2. The first-order valence-electron chi connectivity index (χ1n) is 3.54. The zero-order valence-electron chi connectivity index (χ0n) is 7.20. The summed E-state index contributed by atoms with van der Waals surface area (Å²) in [5.41, 5.74) is 0.459. The van der Waals surface area contributed by atoms with E-state index in [4.69, 9.17) is 11.6 Å². The molecule has 5 heteroatoms. The van der Waals surface area contributed by atoms with E-state index in [9.17, 15) is 10.0 Å². The van der Waals surface area contributed by atoms with Gasteiger partial charge in [0.2, 0.25) is 5.69 Å². The average molecular weight is 202 g/mol. The van der Waals surface area contributed by atoms with Crippen LogP contribution in [0, 0.1) is 12.1 Å². The van der Waals surface area contributed by atoms with Crippen molar-refractivity contribution in [3.63, 3.8) is 0 Å². The number of methoxy groups -OCH3 is 1. The predicted molar refractivity (Wildman–Crippen MR) is 46.5 cm³/mol. The van der Waals surface area contributed by atoms with Gasteiger partial charge in [-0.05, 0) is 6.07 Å². The Morgan fingerprint density at radius 1 is 1.69 bits per heavy atom. The van der Waals surface area contributed by atoms with E-state index in [0.717, 1.165) is 0 Å². The minimum atomic E-state index is -0.565. The van der Waals surface area contributed by atoms with Gasteiger partial charge in [-0.2, -0.15) is 4.73 Å². The number of rotatable bonds is 1. The number of carbonyl (C=O) groups is 1. The minimum Gasteiger partial charge on any atom is -0.618 e. The molecule has 0 radical (unpaired) electrons. The number of carbonyl (C=O) groups excluding carboxylic acids is 1. The molecule has 1 rings (SSSR count). The third-order valence-corrected chi connectivity index (χ3v) is 1.86. The Bertz CT molecular complexity index is 351. The zero-order valence-corrected chi connectivity index (χ0v) is 7.96. The Morgan fingerprint density at radius 3 is 2.85 bits per heavy atom. The van der Waals surface area contributed by atoms with Gasteiger partial charge in [-0.3, -0.25) is 0 Å². The first-order valence-corrected chi connectivity index (χ1v) is 3.91. The van der Waals surface area contributed by atoms with Crippen LogP contribution in [-0.4, -0.2) is 13.1 Å². The van der Waals surface area contributed by atoms with Crippen LogP contribution in [0.25, 0.3) is 0 Å². The molecular formula is C8H8ClNO3. The fourth-order valence-corrected chi connectivity index (χ4v) is 1.12. The van der Waals surface area contributed by atoms with Gasteiger partial charge in [-0.25, -0.2) is 4.79 Å². The molecular weight excluding hydrogens is 194 g/mol. The third-order valence-electron chi connectivity index (χ3n) is 1.65. The molecule has 1 aromatic rings. The van der Waals surface area contributed by atoms with E-state index in [1.54, 1.807) is 0 Å². The predicted octanol–water partition coefficient (Wildman–Crippen LogP) is 1.07. The third kappa shape index (κ3) is 1.89. The maximum atomic E-state index is 11.1. The number of hydrogen-bond acceptors (Lipinski definition) is 3. The molecule has 13 heavy (non-hydrogen) atoms. The largest absolute Gasteiger partial charge is 0.618 e. The van der Waals surface area contributed by atoms with Crippen molar-refractivity contribution >= 4 is 17.6 Å². The number of hydrogen-bond donors (Lipinski definition) is 0. The van der Waals surface area contributed by atoms with E-state index < -0.39 is 5.97 Å². The molecule has 0 aliphatic heterocycles. The highest BCUT2D eigenvalue weighted by Gasteiger charge is 2.16. The first kappa shape index (κ1) is 9.80. The number of aromatic nitrogens is 1. The second-order valence-corrected chi connectivity index (χ2v) is 2.91. The van der Waals surface area contributed by atoms with E-state index in [1.165, 1.54) is 26.3 Å². The summed E-state index contributed by atoms with van der Waals surface area (Å²) in [6, 6.07) is 1.40. The Morgan fingerprint density at radius 2 is 2.31 bits per heavy atom. The Hall–Kier alpha value is -1.29. The number of pyridine rings is 1. The standard InChI is InChI=1S/C8H8ClNO3/c1-5-7(8(11)13-2)3-6(9)4-10(5)12/h3-4H,1-2H3. The van der Waals surface area contributed by atoms with E-state index in [-0.39, 0.29) is 16.3 Å². The van der Waals surface area contributed by atoms with Gasteiger partial charge in [0.1, 0.15) is 10.6 Å². The number of esters is 1. The minimum absolute atomic E-state index is 0.185. The molecule has 0 amide bonds. The van der Waals surface area contributed by atoms with E-state index in [2.05, 4.69) is 4.74 Å². The fraction of sp³-hybridized carbons (Fsp3) is 0.250. The summed E-state index contributed by atoms with van der Waals surface area (Å²) in [5, 5.41) is 11.3. The van der Waals surface area contributed by atoms with Crippen LogP contribution < -0.4 is 4.73 Å². The smallest absolute Gasteiger partial charge is 0.344 e. The molecule has 0 aliphatic rings. The van der Waals surface area contributed by atoms with Crippen molar-refractivity contribution in [2.75, 3.05) is 7.11 Å². The average Bonchev–Trinajstić information content (AvgIpc) is 2.10. The Labute approximate surface area is 80.3 Å². The van der Waals surface area contributed by atoms with Crippen molar-refractivity contribution in [1.82, 2.24) is 0 Å². The van der Waals surface area contributed by atoms with Crippen LogP contribution >= 0.6 is 11.6 Å². The van der Waals surface area contributed by atoms with Gasteiger partial charge < -0.3 is 9.94 Å². The normalized spacial score (nSPS) is 9.77. The quantitative estimate of drug-likeness (QED) is 0.388. The lowest BCUT2D eigenvalue weighted by molar-refractivity contribution is -0.612. The van der Waals surface area contributed by atoms with Gasteiger partial charge in [-0.15, -0.1) is 0 Å². The SMILES string of the molecule is COC(=O)c1cc(Cl)c[n+]([O-])c1C. The van der Waals surface area contributed by atoms with Crippen molar-refractivity contribution in [2.24, 2.45) is 0 Å². The topological polar surface area (TPSA) is 53.2 Å². The van der Waals surface area contributed by atoms with Crippen molar-refractivity contribution in [3.05, 3.63) is 33.8 Å². The van der Waals surface area contributed by atoms with Gasteiger partial charge in [0.05, 0.1) is 7.11 Å². The van der Waals surface area contributed by atoms with Crippen molar-refractivity contribution < 1.29 is 14.3 Å². The summed E-state index contributed by atoms with van der Waals surface area (Å²) < 4.78 is 5.01. The lowest BCUT2D eigenvalue weighted by Gasteiger charge is -2.05. The molecule has 1 heterocycles. The summed E-state index contributed by atoms with van der Waals surface area (Å²) in [4.78, 5) is 11.1. The molecule has 0 N–H and O–H groups in total. The van der Waals surface area contributed by atoms with Crippen molar-refractivity contribution in [2.45, 2.75) is 6.92 Å². The molecule has 1 aromatic heterocycles. The summed E-state index contributed by atoms with van der Waals surface area (Å²) in [7, 11) is 1.25. The summed E-state index contributed by atoms with van der Waals surface area (Å²) >= 11 is 5.59. The fourth-order valence-electron chi connectivity index (χ4n) is 0.924. The highest BCUT2D eigenvalue weighted by Crippen LogP contribution is 2.11. The monoisotopic (exact) mass is 201 g/mol. The summed E-state index contributed by atoms with van der Waals surface area (Å²) in [6.07, 6.45) is 1.18. The molecule has 0 spiro atoms. The van der Waals surface area contributed by atoms with Crippen LogP contribution in [-0.2, 0) is 4.74 Å². The molecule has 0 atom stereocenters. The van der Waals surface area contributed by atoms with Gasteiger partial charge in [0, 0.05) is 6.92 Å². The summed E-state index contributed by atoms with van der Waals surface area (Å²) in [6.45, 7) is 1.52. The van der Waals surface area contributed by atoms with Crippen LogP contribution in [0.5, 0.6) is 0 Å². The van der Waals surface area contributed by atoms with Crippen molar-refractivity contribution in [1.29, 1.82) is 0 Å². The highest BCUT2D eigenvalue weighted by molar-refractivity contribution is 6.30. The second kappa shape index (κ2) is 3.62. The number of ether oxygens (including phenoxy) is 1. The van der Waals surface area contributed by atoms with Crippen LogP contribution in [0.15, 0.2) is 12.3 Å². The van der Waals surface area contributed by atoms with Crippen LogP contribution in [0.3, 0.4) is 0 Å². The molecule has 0 fully saturated rings. The van der Waals surface area contributed by atoms with Crippen molar-refractivity contribution in [3.8, 4) is 0 Å². The van der Waals surface area contributed by atoms with Gasteiger partial charge in [0.25, 0.3) is 0 Å². The molecule has 0 aromatic carbocycles. The molecule has 0 aliphatic carbocycles. The Kier molecular flexibility index (Phi) is 2.72. The second-order valence-electron chi connectivity index (χ2n) is 2.47. The van der Waals surface area contributed by atoms with E-state index in [1.807, 2.05) is 0 Å². The summed E-state index contributed by atoms with van der Waals surface area (Å²) in [5.74, 6) is -0.565. The number of nitrogens with zero attached hydrogens (tertiary/aromatic N) is 1. The maximum absolute atomic E-state index is 11.1. The number of halogens is 1. The maximum Gasteiger partial charge on any atom is 0.344 e. The molecule has 4 nitrogen and oxygen atoms in total. The highest BCUT2D eigenvalue weighted by atomic mass is 35.5. The Balaban J connectivity index is 3.28. The first-order chi connectivity index (χ1) is 6.06. The van der Waals surface area contributed by atoms with E-state index >= 15 is 0 Å².